The molecule has 25 heavy (non-hydrogen) atoms. The third-order valence-electron chi connectivity index (χ3n) is 5.36. The van der Waals surface area contributed by atoms with Crippen LogP contribution < -0.4 is 0 Å². The number of aromatic nitrogens is 1. The van der Waals surface area contributed by atoms with Gasteiger partial charge in [-0.25, -0.2) is 4.98 Å². The van der Waals surface area contributed by atoms with E-state index in [4.69, 9.17) is 0 Å². The van der Waals surface area contributed by atoms with Gasteiger partial charge in [0.05, 0.1) is 4.88 Å². The summed E-state index contributed by atoms with van der Waals surface area (Å²) < 4.78 is 0. The fraction of sp³-hybridized carbons (Fsp3) is 0.591. The topological polar surface area (TPSA) is 33.1 Å². The zero-order valence-electron chi connectivity index (χ0n) is 15.8. The lowest BCUT2D eigenvalue weighted by Crippen LogP contribution is -2.02. The van der Waals surface area contributed by atoms with E-state index < -0.39 is 0 Å². The van der Waals surface area contributed by atoms with Gasteiger partial charge >= 0.3 is 0 Å². The monoisotopic (exact) mass is 357 g/mol. The Morgan fingerprint density at radius 2 is 1.80 bits per heavy atom. The number of hydrogen-bond donors (Lipinski definition) is 1. The minimum Gasteiger partial charge on any atom is -0.492 e. The van der Waals surface area contributed by atoms with Crippen molar-refractivity contribution in [2.24, 2.45) is 5.92 Å². The Balaban J connectivity index is 1.81. The first-order valence-corrected chi connectivity index (χ1v) is 10.7. The lowest BCUT2D eigenvalue weighted by Gasteiger charge is -2.20. The summed E-state index contributed by atoms with van der Waals surface area (Å²) in [5.41, 5.74) is 2.72. The Labute approximate surface area is 156 Å². The van der Waals surface area contributed by atoms with Crippen LogP contribution in [-0.4, -0.2) is 10.1 Å². The Bertz CT molecular complexity index is 668. The van der Waals surface area contributed by atoms with Crippen molar-refractivity contribution in [2.75, 3.05) is 0 Å². The molecule has 0 saturated heterocycles. The van der Waals surface area contributed by atoms with Gasteiger partial charge in [-0.15, -0.1) is 11.3 Å². The van der Waals surface area contributed by atoms with E-state index in [9.17, 15) is 5.11 Å². The van der Waals surface area contributed by atoms with Crippen molar-refractivity contribution in [3.05, 3.63) is 45.3 Å². The minimum atomic E-state index is 0.293. The normalized spacial score (nSPS) is 17.1. The maximum atomic E-state index is 10.4. The van der Waals surface area contributed by atoms with E-state index in [1.165, 1.54) is 43.2 Å². The van der Waals surface area contributed by atoms with Crippen LogP contribution in [0.3, 0.4) is 0 Å². The first kappa shape index (κ1) is 18.4. The summed E-state index contributed by atoms with van der Waals surface area (Å²) in [6, 6.07) is 9.02. The average molecular weight is 358 g/mol. The molecule has 136 valence electrons. The molecule has 0 radical (unpaired) electrons. The van der Waals surface area contributed by atoms with Crippen LogP contribution in [0.2, 0.25) is 0 Å². The van der Waals surface area contributed by atoms with Crippen molar-refractivity contribution in [3.8, 4) is 5.88 Å². The molecule has 1 fully saturated rings. The molecule has 1 N–H and O–H groups in total. The minimum absolute atomic E-state index is 0.293. The van der Waals surface area contributed by atoms with E-state index in [-0.39, 0.29) is 0 Å². The van der Waals surface area contributed by atoms with Crippen LogP contribution in [0.25, 0.3) is 0 Å². The first-order chi connectivity index (χ1) is 12.1. The van der Waals surface area contributed by atoms with Crippen LogP contribution in [0, 0.1) is 5.92 Å². The summed E-state index contributed by atoms with van der Waals surface area (Å²) in [6.07, 6.45) is 8.45. The largest absolute Gasteiger partial charge is 0.492 e. The summed E-state index contributed by atoms with van der Waals surface area (Å²) in [5, 5.41) is 11.5. The van der Waals surface area contributed by atoms with Gasteiger partial charge in [-0.2, -0.15) is 0 Å². The molecule has 1 aromatic heterocycles. The predicted molar refractivity (Wildman–Crippen MR) is 107 cm³/mol. The highest BCUT2D eigenvalue weighted by atomic mass is 32.1. The zero-order chi connectivity index (χ0) is 17.8. The fourth-order valence-electron chi connectivity index (χ4n) is 4.03. The molecule has 2 aromatic rings. The van der Waals surface area contributed by atoms with Gasteiger partial charge in [-0.3, -0.25) is 0 Å². The molecule has 0 aliphatic heterocycles. The van der Waals surface area contributed by atoms with Crippen molar-refractivity contribution in [1.29, 1.82) is 0 Å². The van der Waals surface area contributed by atoms with Gasteiger partial charge < -0.3 is 5.11 Å². The summed E-state index contributed by atoms with van der Waals surface area (Å²) in [4.78, 5) is 5.71. The quantitative estimate of drug-likeness (QED) is 0.629. The molecule has 1 aliphatic carbocycles. The third-order valence-corrected chi connectivity index (χ3v) is 6.68. The van der Waals surface area contributed by atoms with Gasteiger partial charge in [-0.05, 0) is 48.6 Å². The molecule has 0 amide bonds. The molecule has 1 saturated carbocycles. The Morgan fingerprint density at radius 1 is 1.12 bits per heavy atom. The molecular formula is C22H31NOS. The summed E-state index contributed by atoms with van der Waals surface area (Å²) in [6.45, 7) is 6.73. The number of nitrogens with zero attached hydrogens (tertiary/aromatic N) is 1. The van der Waals surface area contributed by atoms with E-state index in [0.29, 0.717) is 23.6 Å². The maximum Gasteiger partial charge on any atom is 0.225 e. The van der Waals surface area contributed by atoms with Crippen LogP contribution in [0.5, 0.6) is 5.88 Å². The molecule has 1 heterocycles. The summed E-state index contributed by atoms with van der Waals surface area (Å²) in [7, 11) is 0. The van der Waals surface area contributed by atoms with E-state index >= 15 is 0 Å². The molecule has 3 rings (SSSR count). The molecule has 1 aliphatic rings. The van der Waals surface area contributed by atoms with Gasteiger partial charge in [0, 0.05) is 5.92 Å². The Morgan fingerprint density at radius 3 is 2.40 bits per heavy atom. The average Bonchev–Trinajstić information content (AvgIpc) is 2.99. The van der Waals surface area contributed by atoms with E-state index in [0.717, 1.165) is 22.7 Å². The van der Waals surface area contributed by atoms with Crippen LogP contribution in [0.15, 0.2) is 24.3 Å². The van der Waals surface area contributed by atoms with Gasteiger partial charge in [0.2, 0.25) is 5.88 Å². The molecule has 0 spiro atoms. The first-order valence-electron chi connectivity index (χ1n) is 9.86. The fourth-order valence-corrected chi connectivity index (χ4v) is 5.37. The van der Waals surface area contributed by atoms with Gasteiger partial charge in [-0.1, -0.05) is 64.3 Å². The molecule has 1 unspecified atom stereocenters. The second kappa shape index (κ2) is 8.35. The zero-order valence-corrected chi connectivity index (χ0v) is 16.6. The Hall–Kier alpha value is -1.35. The van der Waals surface area contributed by atoms with Crippen molar-refractivity contribution in [2.45, 2.75) is 77.6 Å². The Kier molecular flexibility index (Phi) is 6.16. The molecular weight excluding hydrogens is 326 g/mol. The van der Waals surface area contributed by atoms with E-state index in [1.54, 1.807) is 11.3 Å². The van der Waals surface area contributed by atoms with E-state index in [1.807, 2.05) is 0 Å². The van der Waals surface area contributed by atoms with Crippen LogP contribution >= 0.6 is 11.3 Å². The van der Waals surface area contributed by atoms with Crippen molar-refractivity contribution < 1.29 is 5.11 Å². The number of thiazole rings is 1. The van der Waals surface area contributed by atoms with Crippen LogP contribution in [0.1, 0.15) is 92.1 Å². The molecule has 3 heteroatoms. The van der Waals surface area contributed by atoms with Gasteiger partial charge in [0.25, 0.3) is 0 Å². The van der Waals surface area contributed by atoms with Crippen molar-refractivity contribution >= 4 is 11.3 Å². The van der Waals surface area contributed by atoms with Gasteiger partial charge in [0.15, 0.2) is 0 Å². The highest BCUT2D eigenvalue weighted by molar-refractivity contribution is 7.12. The molecule has 1 atom stereocenters. The van der Waals surface area contributed by atoms with E-state index in [2.05, 4.69) is 50.0 Å². The predicted octanol–water partition coefficient (Wildman–Crippen LogP) is 6.64. The standard InChI is InChI=1S/C22H31NOS/c1-4-19(17-12-10-16(11-13-17)14-15(2)3)22-23-21(24)20(25-22)18-8-6-5-7-9-18/h10-13,15,18-19,24H,4-9,14H2,1-3H3. The number of rotatable bonds is 6. The number of benzene rings is 1. The summed E-state index contributed by atoms with van der Waals surface area (Å²) in [5.74, 6) is 1.79. The molecule has 0 bridgehead atoms. The number of aromatic hydroxyl groups is 1. The second-order valence-electron chi connectivity index (χ2n) is 7.88. The lowest BCUT2D eigenvalue weighted by molar-refractivity contribution is 0.410. The second-order valence-corrected chi connectivity index (χ2v) is 8.94. The van der Waals surface area contributed by atoms with Crippen LogP contribution in [0.4, 0.5) is 0 Å². The van der Waals surface area contributed by atoms with Gasteiger partial charge in [0.1, 0.15) is 5.01 Å². The number of hydrogen-bond acceptors (Lipinski definition) is 3. The van der Waals surface area contributed by atoms with Crippen molar-refractivity contribution in [3.63, 3.8) is 0 Å². The molecule has 1 aromatic carbocycles. The smallest absolute Gasteiger partial charge is 0.225 e. The molecule has 2 nitrogen and oxygen atoms in total. The van der Waals surface area contributed by atoms with Crippen molar-refractivity contribution in [1.82, 2.24) is 4.98 Å². The lowest BCUT2D eigenvalue weighted by atomic mass is 9.88. The highest BCUT2D eigenvalue weighted by Gasteiger charge is 2.25. The third kappa shape index (κ3) is 4.44. The maximum absolute atomic E-state index is 10.4. The SMILES string of the molecule is CCC(c1ccc(CC(C)C)cc1)c1nc(O)c(C2CCCCC2)s1. The highest BCUT2D eigenvalue weighted by Crippen LogP contribution is 2.43. The van der Waals surface area contributed by atoms with Crippen LogP contribution in [-0.2, 0) is 6.42 Å². The summed E-state index contributed by atoms with van der Waals surface area (Å²) >= 11 is 1.75.